The molecule has 0 saturated carbocycles. The van der Waals surface area contributed by atoms with Crippen molar-refractivity contribution in [3.05, 3.63) is 41.5 Å². The van der Waals surface area contributed by atoms with E-state index in [2.05, 4.69) is 45.7 Å². The van der Waals surface area contributed by atoms with Crippen LogP contribution in [-0.4, -0.2) is 42.3 Å². The second kappa shape index (κ2) is 7.00. The molecule has 2 aliphatic rings. The number of methoxy groups -OCH3 is 1. The Morgan fingerprint density at radius 3 is 2.52 bits per heavy atom. The van der Waals surface area contributed by atoms with Crippen LogP contribution >= 0.6 is 0 Å². The number of fused-ring (bicyclic) bond motifs is 1. The lowest BCUT2D eigenvalue weighted by Crippen LogP contribution is -2.33. The van der Waals surface area contributed by atoms with Crippen molar-refractivity contribution in [3.63, 3.8) is 0 Å². The molecule has 5 heteroatoms. The van der Waals surface area contributed by atoms with Crippen LogP contribution in [0.5, 0.6) is 5.88 Å². The number of piperidine rings is 1. The Hall–Kier alpha value is -2.14. The summed E-state index contributed by atoms with van der Waals surface area (Å²) in [5.41, 5.74) is 4.10. The van der Waals surface area contributed by atoms with Gasteiger partial charge in [-0.15, -0.1) is 10.2 Å². The molecule has 0 amide bonds. The summed E-state index contributed by atoms with van der Waals surface area (Å²) in [5.74, 6) is 2.97. The van der Waals surface area contributed by atoms with E-state index in [0.717, 1.165) is 23.3 Å². The number of rotatable bonds is 4. The number of likely N-dealkylation sites (tertiary alicyclic amines) is 1. The van der Waals surface area contributed by atoms with Gasteiger partial charge in [-0.05, 0) is 87.0 Å². The zero-order valence-electron chi connectivity index (χ0n) is 15.0. The Kier molecular flexibility index (Phi) is 4.57. The van der Waals surface area contributed by atoms with Crippen molar-refractivity contribution in [2.45, 2.75) is 25.7 Å². The minimum Gasteiger partial charge on any atom is -0.480 e. The molecule has 1 aromatic heterocycles. The molecule has 25 heavy (non-hydrogen) atoms. The van der Waals surface area contributed by atoms with Crippen molar-refractivity contribution < 1.29 is 4.74 Å². The molecule has 2 heterocycles. The summed E-state index contributed by atoms with van der Waals surface area (Å²) in [6.07, 6.45) is 5.16. The molecule has 1 atom stereocenters. The standard InChI is InChI=1S/C20H26N4O/c1-24-9-7-14(8-10-24)16-11-15-3-4-18(13-17(15)12-16)21-19-5-6-20(25-2)23-22-19/h3-6,13-14,16H,7-12H2,1-2H3,(H,21,22). The normalized spacial score (nSPS) is 21.1. The Bertz CT molecular complexity index is 723. The van der Waals surface area contributed by atoms with Crippen molar-refractivity contribution in [3.8, 4) is 5.88 Å². The molecule has 4 rings (SSSR count). The van der Waals surface area contributed by atoms with E-state index in [0.29, 0.717) is 5.88 Å². The number of ether oxygens (including phenoxy) is 1. The van der Waals surface area contributed by atoms with E-state index >= 15 is 0 Å². The van der Waals surface area contributed by atoms with Crippen molar-refractivity contribution in [2.75, 3.05) is 32.6 Å². The average molecular weight is 338 g/mol. The molecule has 1 N–H and O–H groups in total. The highest BCUT2D eigenvalue weighted by Gasteiger charge is 2.30. The summed E-state index contributed by atoms with van der Waals surface area (Å²) < 4.78 is 5.05. The molecular formula is C20H26N4O. The van der Waals surface area contributed by atoms with Gasteiger partial charge in [-0.25, -0.2) is 0 Å². The third kappa shape index (κ3) is 3.61. The minimum atomic E-state index is 0.528. The zero-order chi connectivity index (χ0) is 17.2. The molecule has 1 fully saturated rings. The van der Waals surface area contributed by atoms with Gasteiger partial charge < -0.3 is 15.0 Å². The molecule has 1 aliphatic heterocycles. The number of nitrogens with zero attached hydrogens (tertiary/aromatic N) is 3. The molecule has 1 aromatic carbocycles. The maximum atomic E-state index is 5.05. The Labute approximate surface area is 149 Å². The second-order valence-electron chi connectivity index (χ2n) is 7.38. The third-order valence-electron chi connectivity index (χ3n) is 5.72. The summed E-state index contributed by atoms with van der Waals surface area (Å²) in [5, 5.41) is 11.5. The van der Waals surface area contributed by atoms with Crippen LogP contribution in [0.2, 0.25) is 0 Å². The highest BCUT2D eigenvalue weighted by Crippen LogP contribution is 2.37. The first-order valence-electron chi connectivity index (χ1n) is 9.16. The van der Waals surface area contributed by atoms with Crippen LogP contribution in [0.1, 0.15) is 24.0 Å². The maximum Gasteiger partial charge on any atom is 0.233 e. The minimum absolute atomic E-state index is 0.528. The van der Waals surface area contributed by atoms with Crippen LogP contribution < -0.4 is 10.1 Å². The number of anilines is 2. The van der Waals surface area contributed by atoms with Gasteiger partial charge in [0.05, 0.1) is 7.11 Å². The van der Waals surface area contributed by atoms with Gasteiger partial charge in [-0.2, -0.15) is 0 Å². The molecule has 0 spiro atoms. The van der Waals surface area contributed by atoms with E-state index < -0.39 is 0 Å². The summed E-state index contributed by atoms with van der Waals surface area (Å²) >= 11 is 0. The number of aromatic nitrogens is 2. The number of hydrogen-bond acceptors (Lipinski definition) is 5. The van der Waals surface area contributed by atoms with Crippen molar-refractivity contribution in [2.24, 2.45) is 11.8 Å². The lowest BCUT2D eigenvalue weighted by molar-refractivity contribution is 0.174. The van der Waals surface area contributed by atoms with Gasteiger partial charge in [0.1, 0.15) is 0 Å². The molecule has 2 aromatic rings. The van der Waals surface area contributed by atoms with Crippen LogP contribution in [0.25, 0.3) is 0 Å². The van der Waals surface area contributed by atoms with E-state index in [1.807, 2.05) is 12.1 Å². The SMILES string of the molecule is COc1ccc(Nc2ccc3c(c2)CC(C2CCN(C)CC2)C3)nn1. The predicted octanol–water partition coefficient (Wildman–Crippen LogP) is 3.29. The Morgan fingerprint density at radius 2 is 1.80 bits per heavy atom. The van der Waals surface area contributed by atoms with E-state index in [4.69, 9.17) is 4.74 Å². The van der Waals surface area contributed by atoms with Crippen molar-refractivity contribution in [1.82, 2.24) is 15.1 Å². The smallest absolute Gasteiger partial charge is 0.233 e. The predicted molar refractivity (Wildman–Crippen MR) is 99.4 cm³/mol. The number of nitrogens with one attached hydrogen (secondary N) is 1. The summed E-state index contributed by atoms with van der Waals surface area (Å²) in [6.45, 7) is 2.50. The van der Waals surface area contributed by atoms with Crippen LogP contribution in [0.4, 0.5) is 11.5 Å². The molecule has 1 saturated heterocycles. The van der Waals surface area contributed by atoms with Crippen molar-refractivity contribution in [1.29, 1.82) is 0 Å². The van der Waals surface area contributed by atoms with Gasteiger partial charge in [0.15, 0.2) is 5.82 Å². The fraction of sp³-hybridized carbons (Fsp3) is 0.500. The lowest BCUT2D eigenvalue weighted by Gasteiger charge is -2.32. The topological polar surface area (TPSA) is 50.3 Å². The van der Waals surface area contributed by atoms with E-state index in [-0.39, 0.29) is 0 Å². The fourth-order valence-corrected chi connectivity index (χ4v) is 4.21. The van der Waals surface area contributed by atoms with Crippen molar-refractivity contribution >= 4 is 11.5 Å². The Balaban J connectivity index is 1.42. The molecule has 1 aliphatic carbocycles. The average Bonchev–Trinajstić information content (AvgIpc) is 3.06. The van der Waals surface area contributed by atoms with Crippen LogP contribution in [-0.2, 0) is 12.8 Å². The first-order chi connectivity index (χ1) is 12.2. The first kappa shape index (κ1) is 16.3. The number of benzene rings is 1. The van der Waals surface area contributed by atoms with Crippen LogP contribution in [0.3, 0.4) is 0 Å². The molecule has 0 radical (unpaired) electrons. The van der Waals surface area contributed by atoms with Gasteiger partial charge in [0.2, 0.25) is 5.88 Å². The largest absolute Gasteiger partial charge is 0.480 e. The van der Waals surface area contributed by atoms with Gasteiger partial charge in [-0.3, -0.25) is 0 Å². The summed E-state index contributed by atoms with van der Waals surface area (Å²) in [4.78, 5) is 2.45. The summed E-state index contributed by atoms with van der Waals surface area (Å²) in [6, 6.07) is 10.4. The third-order valence-corrected chi connectivity index (χ3v) is 5.72. The van der Waals surface area contributed by atoms with Gasteiger partial charge >= 0.3 is 0 Å². The number of hydrogen-bond donors (Lipinski definition) is 1. The van der Waals surface area contributed by atoms with E-state index in [1.54, 1.807) is 7.11 Å². The van der Waals surface area contributed by atoms with Crippen LogP contribution in [0.15, 0.2) is 30.3 Å². The highest BCUT2D eigenvalue weighted by molar-refractivity contribution is 5.58. The zero-order valence-corrected chi connectivity index (χ0v) is 15.0. The maximum absolute atomic E-state index is 5.05. The highest BCUT2D eigenvalue weighted by atomic mass is 16.5. The fourth-order valence-electron chi connectivity index (χ4n) is 4.21. The molecule has 132 valence electrons. The second-order valence-corrected chi connectivity index (χ2v) is 7.38. The Morgan fingerprint density at radius 1 is 1.00 bits per heavy atom. The van der Waals surface area contributed by atoms with E-state index in [9.17, 15) is 0 Å². The first-order valence-corrected chi connectivity index (χ1v) is 9.16. The van der Waals surface area contributed by atoms with Gasteiger partial charge in [0.25, 0.3) is 0 Å². The monoisotopic (exact) mass is 338 g/mol. The molecule has 0 bridgehead atoms. The van der Waals surface area contributed by atoms with E-state index in [1.165, 1.54) is 49.9 Å². The lowest BCUT2D eigenvalue weighted by atomic mass is 9.82. The van der Waals surface area contributed by atoms with Gasteiger partial charge in [0, 0.05) is 11.8 Å². The molecule has 1 unspecified atom stereocenters. The van der Waals surface area contributed by atoms with Crippen LogP contribution in [0, 0.1) is 11.8 Å². The molecular weight excluding hydrogens is 312 g/mol. The molecule has 5 nitrogen and oxygen atoms in total. The quantitative estimate of drug-likeness (QED) is 0.927. The summed E-state index contributed by atoms with van der Waals surface area (Å²) in [7, 11) is 3.83. The van der Waals surface area contributed by atoms with Gasteiger partial charge in [-0.1, -0.05) is 6.07 Å².